The third-order valence-electron chi connectivity index (χ3n) is 4.03. The average Bonchev–Trinajstić information content (AvgIpc) is 3.15. The molecular weight excluding hydrogens is 336 g/mol. The number of imidazole rings is 1. The monoisotopic (exact) mass is 360 g/mol. The van der Waals surface area contributed by atoms with Crippen LogP contribution in [0.3, 0.4) is 0 Å². The summed E-state index contributed by atoms with van der Waals surface area (Å²) in [5, 5.41) is 0. The number of benzene rings is 1. The van der Waals surface area contributed by atoms with E-state index in [1.807, 2.05) is 62.5 Å². The van der Waals surface area contributed by atoms with Gasteiger partial charge in [-0.25, -0.2) is 9.97 Å². The minimum absolute atomic E-state index is 0.583. The predicted molar refractivity (Wildman–Crippen MR) is 108 cm³/mol. The topological polar surface area (TPSA) is 52.8 Å². The molecular formula is C22H24N4O. The Morgan fingerprint density at radius 3 is 2.44 bits per heavy atom. The van der Waals surface area contributed by atoms with Gasteiger partial charge in [-0.15, -0.1) is 0 Å². The summed E-state index contributed by atoms with van der Waals surface area (Å²) >= 11 is 0. The van der Waals surface area contributed by atoms with Gasteiger partial charge in [-0.3, -0.25) is 4.98 Å². The molecule has 1 aromatic carbocycles. The highest BCUT2D eigenvalue weighted by Gasteiger charge is 2.03. The zero-order valence-corrected chi connectivity index (χ0v) is 15.7. The van der Waals surface area contributed by atoms with Crippen molar-refractivity contribution < 1.29 is 4.74 Å². The van der Waals surface area contributed by atoms with Crippen LogP contribution >= 0.6 is 0 Å². The first kappa shape index (κ1) is 18.6. The average molecular weight is 360 g/mol. The Labute approximate surface area is 159 Å². The van der Waals surface area contributed by atoms with Gasteiger partial charge in [0.05, 0.1) is 18.4 Å². The smallest absolute Gasteiger partial charge is 0.177 e. The van der Waals surface area contributed by atoms with Gasteiger partial charge >= 0.3 is 0 Å². The molecule has 0 bridgehead atoms. The van der Waals surface area contributed by atoms with Crippen molar-refractivity contribution in [3.63, 3.8) is 0 Å². The van der Waals surface area contributed by atoms with E-state index in [1.165, 1.54) is 5.56 Å². The lowest BCUT2D eigenvalue weighted by molar-refractivity contribution is 0.300. The third kappa shape index (κ3) is 4.91. The van der Waals surface area contributed by atoms with E-state index in [0.717, 1.165) is 35.6 Å². The summed E-state index contributed by atoms with van der Waals surface area (Å²) < 4.78 is 7.90. The Morgan fingerprint density at radius 1 is 0.852 bits per heavy atom. The largest absolute Gasteiger partial charge is 0.492 e. The number of aromatic nitrogens is 4. The molecule has 0 atom stereocenters. The van der Waals surface area contributed by atoms with E-state index < -0.39 is 0 Å². The molecule has 0 aliphatic carbocycles. The molecule has 5 heteroatoms. The molecule has 5 nitrogen and oxygen atoms in total. The molecule has 27 heavy (non-hydrogen) atoms. The van der Waals surface area contributed by atoms with Crippen molar-refractivity contribution in [1.82, 2.24) is 19.5 Å². The lowest BCUT2D eigenvalue weighted by Crippen LogP contribution is -2.07. The van der Waals surface area contributed by atoms with Crippen LogP contribution in [0.2, 0.25) is 0 Å². The first-order chi connectivity index (χ1) is 13.4. The Hall–Kier alpha value is -3.21. The summed E-state index contributed by atoms with van der Waals surface area (Å²) in [5.74, 6) is 0.868. The molecule has 0 unspecified atom stereocenters. The standard InChI is InChI=1S/C20H18N4O.C2H6/c1-2-10-21-17(4-1)14-16-6-8-18(9-7-16)25-13-12-24-15-23-20-19(24)5-3-11-22-20;1-2/h1-11,15H,12-14H2;1-2H3. The Balaban J connectivity index is 0.00000102. The number of fused-ring (bicyclic) bond motifs is 1. The van der Waals surface area contributed by atoms with Crippen LogP contribution in [0.15, 0.2) is 73.3 Å². The van der Waals surface area contributed by atoms with Crippen LogP contribution < -0.4 is 4.74 Å². The Bertz CT molecular complexity index is 949. The highest BCUT2D eigenvalue weighted by atomic mass is 16.5. The van der Waals surface area contributed by atoms with Gasteiger partial charge in [0.2, 0.25) is 0 Å². The quantitative estimate of drug-likeness (QED) is 0.507. The first-order valence-corrected chi connectivity index (χ1v) is 9.26. The molecule has 0 aliphatic heterocycles. The highest BCUT2D eigenvalue weighted by molar-refractivity contribution is 5.70. The second-order valence-electron chi connectivity index (χ2n) is 5.77. The first-order valence-electron chi connectivity index (χ1n) is 9.26. The molecule has 4 aromatic rings. The van der Waals surface area contributed by atoms with Crippen LogP contribution in [0.25, 0.3) is 11.2 Å². The third-order valence-corrected chi connectivity index (χ3v) is 4.03. The zero-order valence-electron chi connectivity index (χ0n) is 15.7. The van der Waals surface area contributed by atoms with Gasteiger partial charge in [-0.2, -0.15) is 0 Å². The van der Waals surface area contributed by atoms with E-state index >= 15 is 0 Å². The molecule has 3 aromatic heterocycles. The van der Waals surface area contributed by atoms with Crippen LogP contribution in [0.1, 0.15) is 25.1 Å². The summed E-state index contributed by atoms with van der Waals surface area (Å²) in [5.41, 5.74) is 4.08. The van der Waals surface area contributed by atoms with Gasteiger partial charge in [0.15, 0.2) is 5.65 Å². The van der Waals surface area contributed by atoms with E-state index in [4.69, 9.17) is 4.74 Å². The molecule has 0 aliphatic rings. The second kappa shape index (κ2) is 9.48. The van der Waals surface area contributed by atoms with Crippen molar-refractivity contribution in [2.45, 2.75) is 26.8 Å². The molecule has 0 spiro atoms. The fourth-order valence-electron chi connectivity index (χ4n) is 2.75. The second-order valence-corrected chi connectivity index (χ2v) is 5.77. The molecule has 0 fully saturated rings. The number of pyridine rings is 2. The van der Waals surface area contributed by atoms with Crippen molar-refractivity contribution in [3.8, 4) is 5.75 Å². The van der Waals surface area contributed by atoms with Crippen LogP contribution in [0, 0.1) is 0 Å². The molecule has 0 saturated carbocycles. The van der Waals surface area contributed by atoms with Gasteiger partial charge < -0.3 is 9.30 Å². The number of hydrogen-bond donors (Lipinski definition) is 0. The molecule has 0 radical (unpaired) electrons. The van der Waals surface area contributed by atoms with Crippen molar-refractivity contribution in [3.05, 3.63) is 84.6 Å². The van der Waals surface area contributed by atoms with E-state index in [9.17, 15) is 0 Å². The maximum atomic E-state index is 5.85. The van der Waals surface area contributed by atoms with Crippen molar-refractivity contribution in [2.24, 2.45) is 0 Å². The number of rotatable bonds is 6. The van der Waals surface area contributed by atoms with E-state index in [-0.39, 0.29) is 0 Å². The van der Waals surface area contributed by atoms with E-state index in [2.05, 4.69) is 31.7 Å². The molecule has 0 amide bonds. The lowest BCUT2D eigenvalue weighted by atomic mass is 10.1. The summed E-state index contributed by atoms with van der Waals surface area (Å²) in [7, 11) is 0. The number of nitrogens with zero attached hydrogens (tertiary/aromatic N) is 4. The summed E-state index contributed by atoms with van der Waals surface area (Å²) in [6.45, 7) is 5.32. The number of hydrogen-bond acceptors (Lipinski definition) is 4. The Morgan fingerprint density at radius 2 is 1.67 bits per heavy atom. The van der Waals surface area contributed by atoms with E-state index in [1.54, 1.807) is 12.5 Å². The van der Waals surface area contributed by atoms with Gasteiger partial charge in [-0.1, -0.05) is 32.0 Å². The van der Waals surface area contributed by atoms with Crippen LogP contribution in [-0.4, -0.2) is 26.1 Å². The van der Waals surface area contributed by atoms with Gasteiger partial charge in [-0.05, 0) is 42.0 Å². The lowest BCUT2D eigenvalue weighted by Gasteiger charge is -2.08. The van der Waals surface area contributed by atoms with Crippen LogP contribution in [0.5, 0.6) is 5.75 Å². The highest BCUT2D eigenvalue weighted by Crippen LogP contribution is 2.15. The summed E-state index contributed by atoms with van der Waals surface area (Å²) in [4.78, 5) is 12.9. The molecule has 138 valence electrons. The summed E-state index contributed by atoms with van der Waals surface area (Å²) in [6, 6.07) is 18.1. The van der Waals surface area contributed by atoms with Crippen molar-refractivity contribution >= 4 is 11.2 Å². The van der Waals surface area contributed by atoms with Gasteiger partial charge in [0.1, 0.15) is 12.4 Å². The van der Waals surface area contributed by atoms with Crippen LogP contribution in [-0.2, 0) is 13.0 Å². The van der Waals surface area contributed by atoms with Crippen molar-refractivity contribution in [1.29, 1.82) is 0 Å². The summed E-state index contributed by atoms with van der Waals surface area (Å²) in [6.07, 6.45) is 6.21. The molecule has 0 N–H and O–H groups in total. The predicted octanol–water partition coefficient (Wildman–Crippen LogP) is 4.52. The molecule has 3 heterocycles. The minimum atomic E-state index is 0.583. The number of ether oxygens (including phenoxy) is 1. The minimum Gasteiger partial charge on any atom is -0.492 e. The van der Waals surface area contributed by atoms with E-state index in [0.29, 0.717) is 6.61 Å². The zero-order chi connectivity index (χ0) is 18.9. The maximum Gasteiger partial charge on any atom is 0.177 e. The normalized spacial score (nSPS) is 10.3. The Kier molecular flexibility index (Phi) is 6.52. The SMILES string of the molecule is CC.c1ccc(Cc2ccc(OCCn3cnc4ncccc43)cc2)nc1. The molecule has 4 rings (SSSR count). The maximum absolute atomic E-state index is 5.85. The molecule has 0 saturated heterocycles. The van der Waals surface area contributed by atoms with Gasteiger partial charge in [0.25, 0.3) is 0 Å². The van der Waals surface area contributed by atoms with Crippen LogP contribution in [0.4, 0.5) is 0 Å². The fourth-order valence-corrected chi connectivity index (χ4v) is 2.75. The van der Waals surface area contributed by atoms with Gasteiger partial charge in [0, 0.05) is 24.5 Å². The fraction of sp³-hybridized carbons (Fsp3) is 0.227. The van der Waals surface area contributed by atoms with Crippen molar-refractivity contribution in [2.75, 3.05) is 6.61 Å².